The highest BCUT2D eigenvalue weighted by Gasteiger charge is 2.40. The first kappa shape index (κ1) is 32.7. The van der Waals surface area contributed by atoms with Crippen LogP contribution in [0.4, 0.5) is 17.1 Å². The lowest BCUT2D eigenvalue weighted by Crippen LogP contribution is -2.16. The van der Waals surface area contributed by atoms with Crippen LogP contribution in [0.5, 0.6) is 0 Å². The van der Waals surface area contributed by atoms with Gasteiger partial charge in [0.15, 0.2) is 0 Å². The van der Waals surface area contributed by atoms with Crippen LogP contribution in [-0.2, 0) is 5.41 Å². The number of anilines is 3. The molecule has 6 aromatic rings. The van der Waals surface area contributed by atoms with Gasteiger partial charge in [-0.1, -0.05) is 137 Å². The molecule has 0 amide bonds. The van der Waals surface area contributed by atoms with Crippen molar-refractivity contribution in [1.29, 1.82) is 0 Å². The summed E-state index contributed by atoms with van der Waals surface area (Å²) >= 11 is 0. The molecule has 4 aliphatic rings. The maximum atomic E-state index is 2.47. The molecule has 0 saturated heterocycles. The van der Waals surface area contributed by atoms with Crippen molar-refractivity contribution in [1.82, 2.24) is 0 Å². The Morgan fingerprint density at radius 2 is 1.09 bits per heavy atom. The Kier molecular flexibility index (Phi) is 8.16. The quantitative estimate of drug-likeness (QED) is 0.161. The maximum absolute atomic E-state index is 2.47. The largest absolute Gasteiger partial charge is 0.310 e. The van der Waals surface area contributed by atoms with Gasteiger partial charge in [-0.2, -0.15) is 0 Å². The molecule has 0 spiro atoms. The zero-order chi connectivity index (χ0) is 35.5. The van der Waals surface area contributed by atoms with E-state index in [1.165, 1.54) is 125 Å². The van der Waals surface area contributed by atoms with Crippen molar-refractivity contribution in [3.05, 3.63) is 162 Å². The summed E-state index contributed by atoms with van der Waals surface area (Å²) < 4.78 is 0. The minimum absolute atomic E-state index is 0.0968. The summed E-state index contributed by atoms with van der Waals surface area (Å²) in [5, 5.41) is 0. The Balaban J connectivity index is 1.00. The zero-order valence-corrected chi connectivity index (χ0v) is 31.4. The van der Waals surface area contributed by atoms with Crippen molar-refractivity contribution in [3.63, 3.8) is 0 Å². The lowest BCUT2D eigenvalue weighted by Gasteiger charge is -2.29. The van der Waals surface area contributed by atoms with Gasteiger partial charge in [-0.3, -0.25) is 0 Å². The predicted octanol–water partition coefficient (Wildman–Crippen LogP) is 14.7. The minimum atomic E-state index is -0.0968. The van der Waals surface area contributed by atoms with Crippen molar-refractivity contribution in [2.24, 2.45) is 11.8 Å². The van der Waals surface area contributed by atoms with Crippen LogP contribution >= 0.6 is 0 Å². The fourth-order valence-corrected chi connectivity index (χ4v) is 10.8. The zero-order valence-electron chi connectivity index (χ0n) is 31.4. The van der Waals surface area contributed by atoms with Crippen molar-refractivity contribution < 1.29 is 0 Å². The van der Waals surface area contributed by atoms with Gasteiger partial charge in [0.1, 0.15) is 0 Å². The van der Waals surface area contributed by atoms with E-state index < -0.39 is 0 Å². The van der Waals surface area contributed by atoms with Crippen molar-refractivity contribution in [2.45, 2.75) is 88.9 Å². The molecule has 0 heterocycles. The SMILES string of the molecule is CC1(C)c2ccc(-c3ccccc3)cc2-c2ccc(N(c3ccc(-c4ccc(C5CC6CCC5C6)cc4)cc3)c3ccc(C4CCCCC4)cc3)cc21. The number of rotatable bonds is 7. The fourth-order valence-electron chi connectivity index (χ4n) is 10.8. The van der Waals surface area contributed by atoms with E-state index in [1.54, 1.807) is 5.56 Å². The Hall–Kier alpha value is -4.88. The monoisotopic (exact) mass is 689 g/mol. The summed E-state index contributed by atoms with van der Waals surface area (Å²) in [6.45, 7) is 4.79. The highest BCUT2D eigenvalue weighted by molar-refractivity contribution is 5.88. The van der Waals surface area contributed by atoms with Crippen LogP contribution < -0.4 is 4.90 Å². The van der Waals surface area contributed by atoms with Gasteiger partial charge in [0.2, 0.25) is 0 Å². The highest BCUT2D eigenvalue weighted by atomic mass is 15.1. The van der Waals surface area contributed by atoms with E-state index in [1.807, 2.05) is 0 Å². The van der Waals surface area contributed by atoms with E-state index in [2.05, 4.69) is 158 Å². The summed E-state index contributed by atoms with van der Waals surface area (Å²) in [6, 6.07) is 53.4. The molecule has 264 valence electrons. The summed E-state index contributed by atoms with van der Waals surface area (Å²) in [5.41, 5.74) is 17.2. The van der Waals surface area contributed by atoms with Gasteiger partial charge in [0.05, 0.1) is 0 Å². The van der Waals surface area contributed by atoms with Crippen LogP contribution in [0.25, 0.3) is 33.4 Å². The number of hydrogen-bond acceptors (Lipinski definition) is 1. The molecule has 3 fully saturated rings. The smallest absolute Gasteiger partial charge is 0.0465 e. The number of hydrogen-bond donors (Lipinski definition) is 0. The standard InChI is InChI=1S/C52H51N/c1-52(2)50-30-23-42(37-11-7-4-8-12-37)33-49(50)47-29-28-46(34-51(47)52)53(44-24-19-39(20-25-44)36-9-5-3-6-10-36)45-26-21-40(22-27-45)38-15-17-41(18-16-38)48-32-35-13-14-43(48)31-35/h4,7-8,11-12,15-30,33-36,43,48H,3,5-6,9-10,13-14,31-32H2,1-2H3. The van der Waals surface area contributed by atoms with Gasteiger partial charge in [0.25, 0.3) is 0 Å². The van der Waals surface area contributed by atoms with E-state index in [0.29, 0.717) is 5.92 Å². The molecule has 10 rings (SSSR count). The minimum Gasteiger partial charge on any atom is -0.310 e. The van der Waals surface area contributed by atoms with Crippen molar-refractivity contribution in [3.8, 4) is 33.4 Å². The molecule has 0 aliphatic heterocycles. The second-order valence-corrected chi connectivity index (χ2v) is 17.2. The van der Waals surface area contributed by atoms with Gasteiger partial charge < -0.3 is 4.90 Å². The summed E-state index contributed by atoms with van der Waals surface area (Å²) in [4.78, 5) is 2.47. The van der Waals surface area contributed by atoms with Gasteiger partial charge in [-0.05, 0) is 154 Å². The van der Waals surface area contributed by atoms with Crippen LogP contribution in [0.15, 0.2) is 140 Å². The van der Waals surface area contributed by atoms with E-state index in [0.717, 1.165) is 17.8 Å². The molecule has 1 heteroatoms. The molecule has 4 aliphatic carbocycles. The third kappa shape index (κ3) is 5.84. The fraction of sp³-hybridized carbons (Fsp3) is 0.308. The first-order valence-corrected chi connectivity index (χ1v) is 20.4. The molecule has 0 N–H and O–H groups in total. The molecule has 3 saturated carbocycles. The molecule has 1 nitrogen and oxygen atoms in total. The van der Waals surface area contributed by atoms with Gasteiger partial charge in [-0.25, -0.2) is 0 Å². The van der Waals surface area contributed by atoms with Crippen LogP contribution in [0.2, 0.25) is 0 Å². The normalized spacial score (nSPS) is 21.4. The van der Waals surface area contributed by atoms with Gasteiger partial charge >= 0.3 is 0 Å². The Morgan fingerprint density at radius 3 is 1.77 bits per heavy atom. The second kappa shape index (κ2) is 13.2. The van der Waals surface area contributed by atoms with E-state index in [9.17, 15) is 0 Å². The Bertz CT molecular complexity index is 2240. The third-order valence-electron chi connectivity index (χ3n) is 13.8. The van der Waals surface area contributed by atoms with Crippen LogP contribution in [0, 0.1) is 11.8 Å². The van der Waals surface area contributed by atoms with Gasteiger partial charge in [0, 0.05) is 22.5 Å². The molecule has 53 heavy (non-hydrogen) atoms. The molecule has 3 unspecified atom stereocenters. The lowest BCUT2D eigenvalue weighted by atomic mass is 9.82. The maximum Gasteiger partial charge on any atom is 0.0465 e. The topological polar surface area (TPSA) is 3.24 Å². The molecule has 0 aromatic heterocycles. The molecule has 2 bridgehead atoms. The molecular weight excluding hydrogens is 639 g/mol. The predicted molar refractivity (Wildman–Crippen MR) is 224 cm³/mol. The van der Waals surface area contributed by atoms with Crippen LogP contribution in [0.3, 0.4) is 0 Å². The molecule has 6 aromatic carbocycles. The second-order valence-electron chi connectivity index (χ2n) is 17.2. The number of benzene rings is 6. The van der Waals surface area contributed by atoms with Crippen LogP contribution in [-0.4, -0.2) is 0 Å². The molecule has 0 radical (unpaired) electrons. The average Bonchev–Trinajstić information content (AvgIpc) is 3.92. The lowest BCUT2D eigenvalue weighted by molar-refractivity contribution is 0.420. The average molecular weight is 690 g/mol. The van der Waals surface area contributed by atoms with Crippen molar-refractivity contribution >= 4 is 17.1 Å². The first-order valence-electron chi connectivity index (χ1n) is 20.4. The summed E-state index contributed by atoms with van der Waals surface area (Å²) in [6.07, 6.45) is 12.5. The summed E-state index contributed by atoms with van der Waals surface area (Å²) in [7, 11) is 0. The number of nitrogens with zero attached hydrogens (tertiary/aromatic N) is 1. The van der Waals surface area contributed by atoms with E-state index in [-0.39, 0.29) is 5.41 Å². The van der Waals surface area contributed by atoms with Crippen LogP contribution in [0.1, 0.15) is 106 Å². The molecular formula is C52H51N. The first-order chi connectivity index (χ1) is 26.0. The van der Waals surface area contributed by atoms with Crippen molar-refractivity contribution in [2.75, 3.05) is 4.90 Å². The number of fused-ring (bicyclic) bond motifs is 5. The highest BCUT2D eigenvalue weighted by Crippen LogP contribution is 2.54. The van der Waals surface area contributed by atoms with Gasteiger partial charge in [-0.15, -0.1) is 0 Å². The van der Waals surface area contributed by atoms with E-state index >= 15 is 0 Å². The Morgan fingerprint density at radius 1 is 0.472 bits per heavy atom. The van der Waals surface area contributed by atoms with E-state index in [4.69, 9.17) is 0 Å². The Labute approximate surface area is 316 Å². The molecule has 3 atom stereocenters. The third-order valence-corrected chi connectivity index (χ3v) is 13.8. The summed E-state index contributed by atoms with van der Waals surface area (Å²) in [5.74, 6) is 3.36.